The van der Waals surface area contributed by atoms with Gasteiger partial charge in [-0.3, -0.25) is 0 Å². The number of carbonyl (C=O) groups excluding carboxylic acids is 1. The third-order valence-electron chi connectivity index (χ3n) is 4.31. The minimum absolute atomic E-state index is 0.243. The Labute approximate surface area is 140 Å². The molecular formula is C17H23FN4O2. The molecule has 1 amide bonds. The third kappa shape index (κ3) is 3.20. The maximum absolute atomic E-state index is 15.5. The van der Waals surface area contributed by atoms with Crippen LogP contribution in [0.1, 0.15) is 44.7 Å². The lowest BCUT2D eigenvalue weighted by Crippen LogP contribution is -2.45. The van der Waals surface area contributed by atoms with Gasteiger partial charge in [0.25, 0.3) is 0 Å². The average Bonchev–Trinajstić information content (AvgIpc) is 2.92. The van der Waals surface area contributed by atoms with Crippen molar-refractivity contribution in [2.45, 2.75) is 51.8 Å². The topological polar surface area (TPSA) is 59.7 Å². The van der Waals surface area contributed by atoms with Gasteiger partial charge in [0.05, 0.1) is 0 Å². The second-order valence-corrected chi connectivity index (χ2v) is 7.37. The monoisotopic (exact) mass is 334 g/mol. The van der Waals surface area contributed by atoms with Gasteiger partial charge in [0.2, 0.25) is 0 Å². The Morgan fingerprint density at radius 1 is 1.33 bits per heavy atom. The number of aromatic nitrogens is 3. The molecule has 130 valence electrons. The summed E-state index contributed by atoms with van der Waals surface area (Å²) in [6.07, 6.45) is 3.27. The van der Waals surface area contributed by atoms with Crippen LogP contribution in [-0.4, -0.2) is 44.3 Å². The number of nitrogens with zero attached hydrogens (tertiary/aromatic N) is 4. The van der Waals surface area contributed by atoms with E-state index in [1.54, 1.807) is 15.6 Å². The summed E-state index contributed by atoms with van der Waals surface area (Å²) in [6, 6.07) is 1.84. The summed E-state index contributed by atoms with van der Waals surface area (Å²) in [6.45, 7) is 8.02. The van der Waals surface area contributed by atoms with E-state index in [0.717, 1.165) is 5.56 Å². The van der Waals surface area contributed by atoms with Crippen LogP contribution in [0, 0.1) is 6.92 Å². The molecule has 1 saturated heterocycles. The fourth-order valence-electron chi connectivity index (χ4n) is 3.07. The molecule has 1 aliphatic rings. The molecule has 1 aliphatic heterocycles. The minimum Gasteiger partial charge on any atom is -0.444 e. The number of halogens is 1. The van der Waals surface area contributed by atoms with E-state index in [1.807, 2.05) is 33.8 Å². The largest absolute Gasteiger partial charge is 0.444 e. The number of rotatable bonds is 1. The van der Waals surface area contributed by atoms with Crippen molar-refractivity contribution in [3.63, 3.8) is 0 Å². The Bertz CT molecular complexity index is 758. The van der Waals surface area contributed by atoms with E-state index in [9.17, 15) is 4.79 Å². The number of hydrogen-bond acceptors (Lipinski definition) is 4. The van der Waals surface area contributed by atoms with Crippen molar-refractivity contribution in [2.75, 3.05) is 13.1 Å². The zero-order valence-corrected chi connectivity index (χ0v) is 14.5. The predicted octanol–water partition coefficient (Wildman–Crippen LogP) is 3.23. The van der Waals surface area contributed by atoms with Gasteiger partial charge in [0.1, 0.15) is 17.6 Å². The van der Waals surface area contributed by atoms with E-state index >= 15 is 4.39 Å². The first-order chi connectivity index (χ1) is 11.2. The van der Waals surface area contributed by atoms with Gasteiger partial charge in [0.15, 0.2) is 5.65 Å². The smallest absolute Gasteiger partial charge is 0.410 e. The van der Waals surface area contributed by atoms with Crippen molar-refractivity contribution in [1.29, 1.82) is 0 Å². The van der Waals surface area contributed by atoms with E-state index in [4.69, 9.17) is 4.74 Å². The summed E-state index contributed by atoms with van der Waals surface area (Å²) < 4.78 is 22.5. The summed E-state index contributed by atoms with van der Waals surface area (Å²) in [5.74, 6) is 0. The molecule has 0 unspecified atom stereocenters. The van der Waals surface area contributed by atoms with Gasteiger partial charge in [-0.05, 0) is 39.3 Å². The van der Waals surface area contributed by atoms with Crippen LogP contribution in [0.3, 0.4) is 0 Å². The van der Waals surface area contributed by atoms with Gasteiger partial charge >= 0.3 is 6.09 Å². The molecule has 0 saturated carbocycles. The minimum atomic E-state index is -1.47. The Hall–Kier alpha value is -2.18. The van der Waals surface area contributed by atoms with Crippen LogP contribution in [0.15, 0.2) is 18.6 Å². The number of alkyl halides is 1. The molecule has 24 heavy (non-hydrogen) atoms. The molecule has 0 spiro atoms. The van der Waals surface area contributed by atoms with Crippen LogP contribution in [0.5, 0.6) is 0 Å². The molecule has 0 aliphatic carbocycles. The molecule has 6 nitrogen and oxygen atoms in total. The number of piperidine rings is 1. The highest BCUT2D eigenvalue weighted by molar-refractivity contribution is 5.68. The molecule has 2 aromatic heterocycles. The van der Waals surface area contributed by atoms with Crippen LogP contribution in [-0.2, 0) is 10.4 Å². The zero-order chi connectivity index (χ0) is 17.5. The predicted molar refractivity (Wildman–Crippen MR) is 87.6 cm³/mol. The van der Waals surface area contributed by atoms with Gasteiger partial charge in [-0.1, -0.05) is 0 Å². The Morgan fingerprint density at radius 2 is 2.00 bits per heavy atom. The van der Waals surface area contributed by atoms with Crippen molar-refractivity contribution >= 4 is 11.7 Å². The number of fused-ring (bicyclic) bond motifs is 1. The van der Waals surface area contributed by atoms with Crippen LogP contribution >= 0.6 is 0 Å². The number of likely N-dealkylation sites (tertiary alicyclic amines) is 1. The lowest BCUT2D eigenvalue weighted by atomic mass is 9.85. The standard InChI is InChI=1S/C17H23FN4O2/c1-12-9-14-19-11-20-22(14)10-13(12)17(18)5-7-21(8-6-17)15(23)24-16(2,3)4/h9-11H,5-8H2,1-4H3. The lowest BCUT2D eigenvalue weighted by molar-refractivity contribution is 0.00200. The van der Waals surface area contributed by atoms with E-state index in [1.165, 1.54) is 6.33 Å². The Morgan fingerprint density at radius 3 is 2.62 bits per heavy atom. The molecule has 2 aromatic rings. The molecule has 1 fully saturated rings. The molecule has 3 rings (SSSR count). The highest BCUT2D eigenvalue weighted by Crippen LogP contribution is 2.39. The first-order valence-corrected chi connectivity index (χ1v) is 8.15. The number of pyridine rings is 1. The Kier molecular flexibility index (Phi) is 3.97. The van der Waals surface area contributed by atoms with Gasteiger partial charge < -0.3 is 9.64 Å². The molecule has 0 radical (unpaired) electrons. The van der Waals surface area contributed by atoms with Gasteiger partial charge in [-0.25, -0.2) is 18.7 Å². The van der Waals surface area contributed by atoms with Gasteiger partial charge in [-0.15, -0.1) is 0 Å². The number of aryl methyl sites for hydroxylation is 1. The van der Waals surface area contributed by atoms with E-state index in [0.29, 0.717) is 24.3 Å². The maximum atomic E-state index is 15.5. The maximum Gasteiger partial charge on any atom is 0.410 e. The van der Waals surface area contributed by atoms with E-state index < -0.39 is 11.3 Å². The van der Waals surface area contributed by atoms with Crippen LogP contribution in [0.4, 0.5) is 9.18 Å². The van der Waals surface area contributed by atoms with Crippen molar-refractivity contribution < 1.29 is 13.9 Å². The summed E-state index contributed by atoms with van der Waals surface area (Å²) in [5, 5.41) is 4.08. The van der Waals surface area contributed by atoms with Gasteiger partial charge in [-0.2, -0.15) is 5.10 Å². The lowest BCUT2D eigenvalue weighted by Gasteiger charge is -2.37. The first kappa shape index (κ1) is 16.7. The highest BCUT2D eigenvalue weighted by atomic mass is 19.1. The first-order valence-electron chi connectivity index (χ1n) is 8.15. The molecule has 7 heteroatoms. The molecule has 0 bridgehead atoms. The summed E-state index contributed by atoms with van der Waals surface area (Å²) in [7, 11) is 0. The second-order valence-electron chi connectivity index (χ2n) is 7.37. The second kappa shape index (κ2) is 5.72. The third-order valence-corrected chi connectivity index (χ3v) is 4.31. The number of ether oxygens (including phenoxy) is 1. The Balaban J connectivity index is 1.76. The average molecular weight is 334 g/mol. The molecular weight excluding hydrogens is 311 g/mol. The van der Waals surface area contributed by atoms with E-state index in [-0.39, 0.29) is 18.9 Å². The van der Waals surface area contributed by atoms with Crippen molar-refractivity contribution in [3.8, 4) is 0 Å². The number of hydrogen-bond donors (Lipinski definition) is 0. The summed E-state index contributed by atoms with van der Waals surface area (Å²) in [4.78, 5) is 17.8. The molecule has 0 aromatic carbocycles. The van der Waals surface area contributed by atoms with Crippen molar-refractivity contribution in [3.05, 3.63) is 29.7 Å². The molecule has 0 atom stereocenters. The number of amides is 1. The SMILES string of the molecule is Cc1cc2ncnn2cc1C1(F)CCN(C(=O)OC(C)(C)C)CC1. The van der Waals surface area contributed by atoms with Crippen molar-refractivity contribution in [1.82, 2.24) is 19.5 Å². The molecule has 3 heterocycles. The number of carbonyl (C=O) groups is 1. The zero-order valence-electron chi connectivity index (χ0n) is 14.5. The molecule has 0 N–H and O–H groups in total. The quantitative estimate of drug-likeness (QED) is 0.803. The van der Waals surface area contributed by atoms with Crippen LogP contribution < -0.4 is 0 Å². The fraction of sp³-hybridized carbons (Fsp3) is 0.588. The van der Waals surface area contributed by atoms with E-state index in [2.05, 4.69) is 10.1 Å². The normalized spacial score (nSPS) is 18.0. The van der Waals surface area contributed by atoms with Crippen LogP contribution in [0.25, 0.3) is 5.65 Å². The highest BCUT2D eigenvalue weighted by Gasteiger charge is 2.40. The van der Waals surface area contributed by atoms with Gasteiger partial charge in [0, 0.05) is 37.7 Å². The summed E-state index contributed by atoms with van der Waals surface area (Å²) in [5.41, 5.74) is 0.151. The fourth-order valence-corrected chi connectivity index (χ4v) is 3.07. The van der Waals surface area contributed by atoms with Crippen LogP contribution in [0.2, 0.25) is 0 Å². The van der Waals surface area contributed by atoms with Crippen molar-refractivity contribution in [2.24, 2.45) is 0 Å². The summed E-state index contributed by atoms with van der Waals surface area (Å²) >= 11 is 0.